The topological polar surface area (TPSA) is 24.9 Å². The number of pyridine rings is 1. The maximum Gasteiger partial charge on any atom is 0.143 e. The molecule has 68 valence electrons. The third kappa shape index (κ3) is 0.950. The van der Waals surface area contributed by atoms with Crippen LogP contribution in [0.25, 0.3) is 0 Å². The zero-order valence-corrected chi connectivity index (χ0v) is 8.44. The first-order valence-electron chi connectivity index (χ1n) is 4.29. The van der Waals surface area contributed by atoms with Gasteiger partial charge in [0.2, 0.25) is 0 Å². The number of anilines is 1. The van der Waals surface area contributed by atoms with Gasteiger partial charge in [0.15, 0.2) is 0 Å². The van der Waals surface area contributed by atoms with E-state index in [1.807, 2.05) is 6.07 Å². The lowest BCUT2D eigenvalue weighted by atomic mass is 9.70. The summed E-state index contributed by atoms with van der Waals surface area (Å²) in [5.41, 5.74) is -0.397. The van der Waals surface area contributed by atoms with Gasteiger partial charge in [-0.15, -0.1) is 0 Å². The Balaban J connectivity index is 2.19. The van der Waals surface area contributed by atoms with E-state index in [1.54, 1.807) is 6.20 Å². The smallest absolute Gasteiger partial charge is 0.143 e. The Kier molecular flexibility index (Phi) is 1.33. The van der Waals surface area contributed by atoms with Crippen molar-refractivity contribution in [3.05, 3.63) is 22.3 Å². The zero-order chi connectivity index (χ0) is 9.05. The van der Waals surface area contributed by atoms with E-state index in [9.17, 15) is 4.39 Å². The molecule has 4 rings (SSSR count). The van der Waals surface area contributed by atoms with Crippen LogP contribution >= 0.6 is 15.9 Å². The van der Waals surface area contributed by atoms with Crippen LogP contribution < -0.4 is 5.32 Å². The number of rotatable bonds is 0. The van der Waals surface area contributed by atoms with Gasteiger partial charge in [0.05, 0.1) is 0 Å². The zero-order valence-electron chi connectivity index (χ0n) is 6.85. The van der Waals surface area contributed by atoms with Crippen LogP contribution in [0.5, 0.6) is 0 Å². The van der Waals surface area contributed by atoms with Gasteiger partial charge in [0.1, 0.15) is 11.5 Å². The molecule has 0 radical (unpaired) electrons. The van der Waals surface area contributed by atoms with Gasteiger partial charge in [-0.2, -0.15) is 0 Å². The molecule has 0 atom stereocenters. The SMILES string of the molecule is FC12CC(C1)Nc1ncc(Br)cc12. The molecular weight excluding hydrogens is 235 g/mol. The van der Waals surface area contributed by atoms with Crippen molar-refractivity contribution in [2.45, 2.75) is 24.6 Å². The van der Waals surface area contributed by atoms with Gasteiger partial charge in [0.25, 0.3) is 0 Å². The van der Waals surface area contributed by atoms with Crippen molar-refractivity contribution in [2.24, 2.45) is 0 Å². The molecule has 0 unspecified atom stereocenters. The van der Waals surface area contributed by atoms with Crippen LogP contribution in [0.15, 0.2) is 16.7 Å². The largest absolute Gasteiger partial charge is 0.367 e. The van der Waals surface area contributed by atoms with Crippen molar-refractivity contribution in [2.75, 3.05) is 5.32 Å². The average molecular weight is 243 g/mol. The molecule has 13 heavy (non-hydrogen) atoms. The summed E-state index contributed by atoms with van der Waals surface area (Å²) < 4.78 is 14.9. The highest BCUT2D eigenvalue weighted by molar-refractivity contribution is 9.10. The minimum Gasteiger partial charge on any atom is -0.367 e. The Morgan fingerprint density at radius 3 is 3.15 bits per heavy atom. The van der Waals surface area contributed by atoms with Crippen LogP contribution in [0, 0.1) is 0 Å². The van der Waals surface area contributed by atoms with Crippen molar-refractivity contribution < 1.29 is 4.39 Å². The van der Waals surface area contributed by atoms with Gasteiger partial charge in [-0.25, -0.2) is 9.37 Å². The van der Waals surface area contributed by atoms with E-state index in [0.717, 1.165) is 4.47 Å². The summed E-state index contributed by atoms with van der Waals surface area (Å²) in [6.45, 7) is 0. The van der Waals surface area contributed by atoms with E-state index in [4.69, 9.17) is 0 Å². The summed E-state index contributed by atoms with van der Waals surface area (Å²) in [4.78, 5) is 4.15. The lowest BCUT2D eigenvalue weighted by molar-refractivity contribution is 0.0389. The van der Waals surface area contributed by atoms with Gasteiger partial charge in [-0.05, 0) is 22.0 Å². The fourth-order valence-electron chi connectivity index (χ4n) is 2.13. The third-order valence-corrected chi connectivity index (χ3v) is 3.25. The summed E-state index contributed by atoms with van der Waals surface area (Å²) in [5, 5.41) is 3.21. The standard InChI is InChI=1S/C9H8BrFN2/c10-5-1-7-8(12-4-5)13-6-2-9(7,11)3-6/h1,4,6H,2-3H2,(H,12,13). The molecule has 0 spiro atoms. The number of nitrogens with zero attached hydrogens (tertiary/aromatic N) is 1. The Morgan fingerprint density at radius 2 is 2.38 bits per heavy atom. The Morgan fingerprint density at radius 1 is 1.62 bits per heavy atom. The maximum absolute atomic E-state index is 14.0. The van der Waals surface area contributed by atoms with E-state index in [2.05, 4.69) is 26.2 Å². The Labute approximate surface area is 83.7 Å². The van der Waals surface area contributed by atoms with E-state index < -0.39 is 5.67 Å². The van der Waals surface area contributed by atoms with Crippen LogP contribution in [0.3, 0.4) is 0 Å². The highest BCUT2D eigenvalue weighted by Gasteiger charge is 2.51. The van der Waals surface area contributed by atoms with Crippen molar-refractivity contribution in [1.82, 2.24) is 4.98 Å². The van der Waals surface area contributed by atoms with Crippen LogP contribution in [-0.2, 0) is 5.67 Å². The van der Waals surface area contributed by atoms with Gasteiger partial charge in [0, 0.05) is 35.1 Å². The van der Waals surface area contributed by atoms with Crippen molar-refractivity contribution in [1.29, 1.82) is 0 Å². The summed E-state index contributed by atoms with van der Waals surface area (Å²) in [5.74, 6) is 0.716. The van der Waals surface area contributed by atoms with E-state index in [-0.39, 0.29) is 0 Å². The second-order valence-electron chi connectivity index (χ2n) is 3.76. The fraction of sp³-hybridized carbons (Fsp3) is 0.444. The lowest BCUT2D eigenvalue weighted by Gasteiger charge is -2.47. The van der Waals surface area contributed by atoms with E-state index in [0.29, 0.717) is 30.3 Å². The monoisotopic (exact) mass is 242 g/mol. The molecule has 1 aromatic heterocycles. The highest BCUT2D eigenvalue weighted by atomic mass is 79.9. The van der Waals surface area contributed by atoms with Crippen molar-refractivity contribution >= 4 is 21.7 Å². The first-order valence-corrected chi connectivity index (χ1v) is 5.08. The van der Waals surface area contributed by atoms with Crippen LogP contribution in [0.1, 0.15) is 18.4 Å². The molecule has 2 aliphatic heterocycles. The van der Waals surface area contributed by atoms with Crippen molar-refractivity contribution in [3.8, 4) is 0 Å². The normalized spacial score (nSPS) is 34.5. The van der Waals surface area contributed by atoms with Gasteiger partial charge in [-0.3, -0.25) is 0 Å². The predicted molar refractivity (Wildman–Crippen MR) is 51.4 cm³/mol. The number of aromatic nitrogens is 1. The molecule has 0 aromatic carbocycles. The first kappa shape index (κ1) is 7.74. The molecule has 1 N–H and O–H groups in total. The summed E-state index contributed by atoms with van der Waals surface area (Å²) in [7, 11) is 0. The van der Waals surface area contributed by atoms with Crippen LogP contribution in [0.2, 0.25) is 0 Å². The van der Waals surface area contributed by atoms with Gasteiger partial charge in [-0.1, -0.05) is 0 Å². The molecule has 4 heteroatoms. The first-order chi connectivity index (χ1) is 6.17. The molecule has 0 saturated heterocycles. The molecule has 2 bridgehead atoms. The van der Waals surface area contributed by atoms with Crippen LogP contribution in [0.4, 0.5) is 10.2 Å². The minimum absolute atomic E-state index is 0.297. The molecular formula is C9H8BrFN2. The number of halogens is 2. The molecule has 3 heterocycles. The maximum atomic E-state index is 14.0. The Hall–Kier alpha value is -0.640. The minimum atomic E-state index is -1.11. The quantitative estimate of drug-likeness (QED) is 0.757. The van der Waals surface area contributed by atoms with E-state index in [1.165, 1.54) is 0 Å². The third-order valence-electron chi connectivity index (χ3n) is 2.82. The van der Waals surface area contributed by atoms with E-state index >= 15 is 0 Å². The molecule has 1 aromatic rings. The molecule has 2 nitrogen and oxygen atoms in total. The lowest BCUT2D eigenvalue weighted by Crippen LogP contribution is -2.50. The number of alkyl halides is 1. The highest BCUT2D eigenvalue weighted by Crippen LogP contribution is 2.52. The molecule has 3 aliphatic rings. The molecule has 1 saturated carbocycles. The number of nitrogens with one attached hydrogen (secondary N) is 1. The molecule has 1 fully saturated rings. The second-order valence-corrected chi connectivity index (χ2v) is 4.68. The van der Waals surface area contributed by atoms with Gasteiger partial charge < -0.3 is 5.32 Å². The number of hydrogen-bond acceptors (Lipinski definition) is 2. The molecule has 0 amide bonds. The summed E-state index contributed by atoms with van der Waals surface area (Å²) in [6.07, 6.45) is 2.89. The van der Waals surface area contributed by atoms with Crippen molar-refractivity contribution in [3.63, 3.8) is 0 Å². The summed E-state index contributed by atoms with van der Waals surface area (Å²) >= 11 is 3.30. The Bertz CT molecular complexity index is 374. The predicted octanol–water partition coefficient (Wildman–Crippen LogP) is 2.60. The van der Waals surface area contributed by atoms with Gasteiger partial charge >= 0.3 is 0 Å². The average Bonchev–Trinajstić information content (AvgIpc) is 2.04. The second kappa shape index (κ2) is 2.23. The molecule has 1 aliphatic carbocycles. The van der Waals surface area contributed by atoms with Crippen LogP contribution in [-0.4, -0.2) is 11.0 Å². The fourth-order valence-corrected chi connectivity index (χ4v) is 2.46. The summed E-state index contributed by atoms with van der Waals surface area (Å²) in [6, 6.07) is 2.12. The number of hydrogen-bond donors (Lipinski definition) is 1.